The lowest BCUT2D eigenvalue weighted by Crippen LogP contribution is -2.51. The Morgan fingerprint density at radius 3 is 2.17 bits per heavy atom. The van der Waals surface area contributed by atoms with Crippen molar-refractivity contribution in [2.75, 3.05) is 20.2 Å². The summed E-state index contributed by atoms with van der Waals surface area (Å²) in [6, 6.07) is 8.11. The maximum absolute atomic E-state index is 13.9. The van der Waals surface area contributed by atoms with Crippen LogP contribution < -0.4 is 10.1 Å². The number of carbonyl (C=O) groups is 2. The van der Waals surface area contributed by atoms with Gasteiger partial charge in [-0.2, -0.15) is 0 Å². The molecular weight excluding hydrogens is 390 g/mol. The number of hydrogen-bond donors (Lipinski definition) is 1. The molecule has 0 aliphatic rings. The van der Waals surface area contributed by atoms with E-state index in [9.17, 15) is 18.4 Å². The average molecular weight is 418 g/mol. The fourth-order valence-electron chi connectivity index (χ4n) is 3.11. The van der Waals surface area contributed by atoms with E-state index in [1.807, 2.05) is 32.0 Å². The lowest BCUT2D eigenvalue weighted by atomic mass is 10.0. The van der Waals surface area contributed by atoms with Gasteiger partial charge in [0.05, 0.1) is 6.54 Å². The van der Waals surface area contributed by atoms with Crippen molar-refractivity contribution >= 4 is 11.8 Å². The Bertz CT molecular complexity index is 875. The first-order chi connectivity index (χ1) is 14.1. The van der Waals surface area contributed by atoms with E-state index >= 15 is 0 Å². The van der Waals surface area contributed by atoms with Gasteiger partial charge >= 0.3 is 0 Å². The number of halogens is 2. The largest absolute Gasteiger partial charge is 0.492 e. The van der Waals surface area contributed by atoms with Crippen molar-refractivity contribution < 1.29 is 23.1 Å². The molecule has 0 saturated carbocycles. The normalized spacial score (nSPS) is 11.9. The summed E-state index contributed by atoms with van der Waals surface area (Å²) in [5.74, 6) is -2.83. The van der Waals surface area contributed by atoms with Crippen LogP contribution in [0.15, 0.2) is 36.4 Å². The number of nitrogens with one attached hydrogen (secondary N) is 1. The number of rotatable bonds is 8. The number of hydrogen-bond acceptors (Lipinski definition) is 3. The molecule has 0 aliphatic heterocycles. The maximum atomic E-state index is 13.9. The highest BCUT2D eigenvalue weighted by molar-refractivity contribution is 5.98. The van der Waals surface area contributed by atoms with E-state index in [0.717, 1.165) is 29.0 Å². The fraction of sp³-hybridized carbons (Fsp3) is 0.391. The minimum absolute atomic E-state index is 0.270. The zero-order valence-electron chi connectivity index (χ0n) is 18.0. The maximum Gasteiger partial charge on any atom is 0.257 e. The first-order valence-corrected chi connectivity index (χ1v) is 9.81. The quantitative estimate of drug-likeness (QED) is 0.708. The van der Waals surface area contributed by atoms with Gasteiger partial charge in [0.25, 0.3) is 5.91 Å². The first-order valence-electron chi connectivity index (χ1n) is 9.81. The molecule has 30 heavy (non-hydrogen) atoms. The monoisotopic (exact) mass is 418 g/mol. The topological polar surface area (TPSA) is 58.6 Å². The summed E-state index contributed by atoms with van der Waals surface area (Å²) in [6.45, 7) is 8.01. The lowest BCUT2D eigenvalue weighted by Gasteiger charge is -2.27. The van der Waals surface area contributed by atoms with E-state index < -0.39 is 29.1 Å². The predicted molar refractivity (Wildman–Crippen MR) is 111 cm³/mol. The third kappa shape index (κ3) is 6.02. The molecule has 2 rings (SSSR count). The molecule has 0 aliphatic carbocycles. The summed E-state index contributed by atoms with van der Waals surface area (Å²) in [5.41, 5.74) is 1.46. The van der Waals surface area contributed by atoms with Gasteiger partial charge in [0.2, 0.25) is 5.91 Å². The van der Waals surface area contributed by atoms with Gasteiger partial charge in [0.1, 0.15) is 35.6 Å². The number of nitrogens with zero attached hydrogens (tertiary/aromatic N) is 1. The van der Waals surface area contributed by atoms with E-state index in [1.54, 1.807) is 20.9 Å². The third-order valence-corrected chi connectivity index (χ3v) is 4.68. The molecule has 0 unspecified atom stereocenters. The zero-order chi connectivity index (χ0) is 22.4. The summed E-state index contributed by atoms with van der Waals surface area (Å²) < 4.78 is 33.5. The van der Waals surface area contributed by atoms with Crippen molar-refractivity contribution in [3.05, 3.63) is 64.7 Å². The fourth-order valence-corrected chi connectivity index (χ4v) is 3.11. The molecule has 0 saturated heterocycles. The molecule has 0 heterocycles. The smallest absolute Gasteiger partial charge is 0.257 e. The van der Waals surface area contributed by atoms with Gasteiger partial charge in [-0.1, -0.05) is 26.0 Å². The third-order valence-electron chi connectivity index (χ3n) is 4.68. The minimum Gasteiger partial charge on any atom is -0.492 e. The zero-order valence-corrected chi connectivity index (χ0v) is 18.0. The molecular formula is C23H28F2N2O3. The molecule has 1 N–H and O–H groups in total. The van der Waals surface area contributed by atoms with E-state index in [1.165, 1.54) is 11.0 Å². The van der Waals surface area contributed by atoms with Crippen molar-refractivity contribution in [1.82, 2.24) is 10.2 Å². The van der Waals surface area contributed by atoms with Crippen LogP contribution in [0.2, 0.25) is 0 Å². The first kappa shape index (κ1) is 23.3. The van der Waals surface area contributed by atoms with Gasteiger partial charge in [-0.05, 0) is 55.2 Å². The number of aryl methyl sites for hydroxylation is 2. The van der Waals surface area contributed by atoms with Crippen LogP contribution in [0, 0.1) is 31.4 Å². The van der Waals surface area contributed by atoms with E-state index in [2.05, 4.69) is 5.32 Å². The molecule has 0 fully saturated rings. The Morgan fingerprint density at radius 1 is 1.07 bits per heavy atom. The van der Waals surface area contributed by atoms with Crippen LogP contribution in [0.5, 0.6) is 5.75 Å². The predicted octanol–water partition coefficient (Wildman–Crippen LogP) is 3.87. The number of carbonyl (C=O) groups excluding carboxylic acids is 2. The highest BCUT2D eigenvalue weighted by Gasteiger charge is 2.29. The minimum atomic E-state index is -0.974. The van der Waals surface area contributed by atoms with Crippen LogP contribution in [-0.4, -0.2) is 43.0 Å². The molecule has 2 amide bonds. The second-order valence-electron chi connectivity index (χ2n) is 7.72. The highest BCUT2D eigenvalue weighted by atomic mass is 19.1. The number of amides is 2. The van der Waals surface area contributed by atoms with Crippen LogP contribution in [0.4, 0.5) is 8.78 Å². The number of benzene rings is 2. The Labute approximate surface area is 176 Å². The van der Waals surface area contributed by atoms with Gasteiger partial charge in [0, 0.05) is 7.05 Å². The second-order valence-corrected chi connectivity index (χ2v) is 7.72. The van der Waals surface area contributed by atoms with E-state index in [-0.39, 0.29) is 18.4 Å². The molecule has 5 nitrogen and oxygen atoms in total. The Morgan fingerprint density at radius 2 is 1.63 bits per heavy atom. The van der Waals surface area contributed by atoms with E-state index in [4.69, 9.17) is 4.74 Å². The van der Waals surface area contributed by atoms with Gasteiger partial charge in [-0.3, -0.25) is 9.59 Å². The van der Waals surface area contributed by atoms with Crippen molar-refractivity contribution in [3.8, 4) is 5.75 Å². The highest BCUT2D eigenvalue weighted by Crippen LogP contribution is 2.17. The average Bonchev–Trinajstić information content (AvgIpc) is 2.64. The Kier molecular flexibility index (Phi) is 7.92. The Balaban J connectivity index is 2.00. The standard InChI is InChI=1S/C23H28F2N2O3/c1-14(2)21(26-22(28)20-18(24)7-6-8-19(20)25)23(29)27(5)9-10-30-17-12-15(3)11-16(4)13-17/h6-8,11-14,21H,9-10H2,1-5H3,(H,26,28)/t21-/m0/s1. The van der Waals surface area contributed by atoms with Gasteiger partial charge in [0.15, 0.2) is 0 Å². The molecule has 0 radical (unpaired) electrons. The molecule has 1 atom stereocenters. The van der Waals surface area contributed by atoms with Gasteiger partial charge in [-0.15, -0.1) is 0 Å². The van der Waals surface area contributed by atoms with Crippen molar-refractivity contribution in [1.29, 1.82) is 0 Å². The van der Waals surface area contributed by atoms with Gasteiger partial charge in [-0.25, -0.2) is 8.78 Å². The molecule has 2 aromatic carbocycles. The molecule has 0 aromatic heterocycles. The SMILES string of the molecule is Cc1cc(C)cc(OCCN(C)C(=O)[C@@H](NC(=O)c2c(F)cccc2F)C(C)C)c1. The summed E-state index contributed by atoms with van der Waals surface area (Å²) in [5, 5.41) is 2.47. The molecule has 162 valence electrons. The van der Waals surface area contributed by atoms with Crippen LogP contribution >= 0.6 is 0 Å². The van der Waals surface area contributed by atoms with Crippen molar-refractivity contribution in [2.45, 2.75) is 33.7 Å². The summed E-state index contributed by atoms with van der Waals surface area (Å²) in [4.78, 5) is 26.7. The number of ether oxygens (including phenoxy) is 1. The van der Waals surface area contributed by atoms with Crippen LogP contribution in [0.3, 0.4) is 0 Å². The summed E-state index contributed by atoms with van der Waals surface area (Å²) in [6.07, 6.45) is 0. The molecule has 7 heteroatoms. The lowest BCUT2D eigenvalue weighted by molar-refractivity contribution is -0.133. The van der Waals surface area contributed by atoms with Crippen molar-refractivity contribution in [2.24, 2.45) is 5.92 Å². The van der Waals surface area contributed by atoms with Crippen LogP contribution in [0.1, 0.15) is 35.3 Å². The van der Waals surface area contributed by atoms with E-state index in [0.29, 0.717) is 6.54 Å². The van der Waals surface area contributed by atoms with Crippen LogP contribution in [-0.2, 0) is 4.79 Å². The summed E-state index contributed by atoms with van der Waals surface area (Å²) >= 11 is 0. The van der Waals surface area contributed by atoms with Gasteiger partial charge < -0.3 is 15.0 Å². The molecule has 0 bridgehead atoms. The Hall–Kier alpha value is -2.96. The molecule has 2 aromatic rings. The summed E-state index contributed by atoms with van der Waals surface area (Å²) in [7, 11) is 1.60. The number of likely N-dealkylation sites (N-methyl/N-ethyl adjacent to an activating group) is 1. The van der Waals surface area contributed by atoms with Crippen molar-refractivity contribution in [3.63, 3.8) is 0 Å². The van der Waals surface area contributed by atoms with Crippen LogP contribution in [0.25, 0.3) is 0 Å². The second kappa shape index (κ2) is 10.2. The molecule has 0 spiro atoms.